The lowest BCUT2D eigenvalue weighted by molar-refractivity contribution is -0.123. The topological polar surface area (TPSA) is 54.4 Å². The molecular formula is C30H40O3. The van der Waals surface area contributed by atoms with Gasteiger partial charge in [0, 0.05) is 22.1 Å². The first kappa shape index (κ1) is 21.9. The predicted octanol–water partition coefficient (Wildman–Crippen LogP) is 6.89. The number of aliphatic hydroxyl groups is 1. The first-order valence-electron chi connectivity index (χ1n) is 13.4. The van der Waals surface area contributed by atoms with E-state index in [-0.39, 0.29) is 39.6 Å². The van der Waals surface area contributed by atoms with Crippen LogP contribution in [0, 0.1) is 45.3 Å². The number of fused-ring (bicyclic) bond motifs is 5. The smallest absolute Gasteiger partial charge is 0.224 e. The van der Waals surface area contributed by atoms with Gasteiger partial charge in [-0.3, -0.25) is 9.59 Å². The SMILES string of the molecule is CC(C)C1=C2C3=C(C[C@H]4C(C)(C)CCC[C@]4(C)C3=C(O)C1=O)C(=O)[C@@]21CC[C@]2(C(C)C)CC12. The summed E-state index contributed by atoms with van der Waals surface area (Å²) in [5, 5.41) is 11.5. The Labute approximate surface area is 198 Å². The number of aliphatic hydroxyl groups excluding tert-OH is 1. The van der Waals surface area contributed by atoms with E-state index in [9.17, 15) is 14.7 Å². The van der Waals surface area contributed by atoms with E-state index in [4.69, 9.17) is 0 Å². The minimum Gasteiger partial charge on any atom is -0.504 e. The second-order valence-corrected chi connectivity index (χ2v) is 13.8. The summed E-state index contributed by atoms with van der Waals surface area (Å²) < 4.78 is 0. The standard InChI is InChI=1S/C30H40O3/c1-15(2)20-22-21-17(26(33)30(22)12-11-29(16(3)4)14-19(29)30)13-18-27(5,6)9-8-10-28(18,7)23(21)25(32)24(20)31/h15-16,18-19,32H,8-14H2,1-7H3/t18-,19?,28-,29+,30+/m0/s1. The fourth-order valence-corrected chi connectivity index (χ4v) is 9.79. The third-order valence-electron chi connectivity index (χ3n) is 11.5. The van der Waals surface area contributed by atoms with Crippen molar-refractivity contribution in [3.05, 3.63) is 33.6 Å². The zero-order chi connectivity index (χ0) is 23.9. The van der Waals surface area contributed by atoms with Crippen LogP contribution in [-0.2, 0) is 9.59 Å². The van der Waals surface area contributed by atoms with Crippen molar-refractivity contribution < 1.29 is 14.7 Å². The summed E-state index contributed by atoms with van der Waals surface area (Å²) in [7, 11) is 0. The Hall–Kier alpha value is -1.64. The molecule has 0 aliphatic heterocycles. The number of Topliss-reactive ketones (excluding diaryl/α,β-unsaturated/α-hetero) is 2. The monoisotopic (exact) mass is 448 g/mol. The van der Waals surface area contributed by atoms with Crippen LogP contribution < -0.4 is 0 Å². The number of ketones is 2. The van der Waals surface area contributed by atoms with Crippen molar-refractivity contribution in [2.45, 2.75) is 93.4 Å². The van der Waals surface area contributed by atoms with Crippen molar-refractivity contribution in [1.82, 2.24) is 0 Å². The molecule has 0 bridgehead atoms. The van der Waals surface area contributed by atoms with Gasteiger partial charge < -0.3 is 5.11 Å². The fraction of sp³-hybridized carbons (Fsp3) is 0.733. The summed E-state index contributed by atoms with van der Waals surface area (Å²) in [6.07, 6.45) is 7.09. The minimum atomic E-state index is -0.524. The Bertz CT molecular complexity index is 1110. The normalized spacial score (nSPS) is 43.2. The highest BCUT2D eigenvalue weighted by molar-refractivity contribution is 6.18. The van der Waals surface area contributed by atoms with Crippen LogP contribution in [0.15, 0.2) is 33.6 Å². The third-order valence-corrected chi connectivity index (χ3v) is 11.5. The Balaban J connectivity index is 1.65. The Morgan fingerprint density at radius 3 is 2.18 bits per heavy atom. The molecule has 3 nitrogen and oxygen atoms in total. The molecule has 33 heavy (non-hydrogen) atoms. The summed E-state index contributed by atoms with van der Waals surface area (Å²) >= 11 is 0. The van der Waals surface area contributed by atoms with Gasteiger partial charge in [0.15, 0.2) is 11.5 Å². The van der Waals surface area contributed by atoms with Gasteiger partial charge in [0.05, 0.1) is 5.41 Å². The van der Waals surface area contributed by atoms with Crippen LogP contribution >= 0.6 is 0 Å². The zero-order valence-electron chi connectivity index (χ0n) is 21.5. The molecule has 5 atom stereocenters. The van der Waals surface area contributed by atoms with Crippen LogP contribution in [0.25, 0.3) is 0 Å². The number of rotatable bonds is 2. The summed E-state index contributed by atoms with van der Waals surface area (Å²) in [6.45, 7) is 15.7. The average molecular weight is 449 g/mol. The molecule has 3 saturated carbocycles. The molecule has 1 N–H and O–H groups in total. The van der Waals surface area contributed by atoms with Gasteiger partial charge in [0.2, 0.25) is 5.78 Å². The molecule has 0 amide bonds. The van der Waals surface area contributed by atoms with Gasteiger partial charge in [-0.1, -0.05) is 54.9 Å². The van der Waals surface area contributed by atoms with E-state index < -0.39 is 5.41 Å². The van der Waals surface area contributed by atoms with Crippen molar-refractivity contribution >= 4 is 11.6 Å². The average Bonchev–Trinajstić information content (AvgIpc) is 3.31. The highest BCUT2D eigenvalue weighted by Crippen LogP contribution is 2.80. The van der Waals surface area contributed by atoms with Gasteiger partial charge in [-0.05, 0) is 84.2 Å². The quantitative estimate of drug-likeness (QED) is 0.500. The highest BCUT2D eigenvalue weighted by atomic mass is 16.3. The molecule has 0 heterocycles. The molecular weight excluding hydrogens is 408 g/mol. The molecule has 0 aromatic carbocycles. The van der Waals surface area contributed by atoms with Crippen molar-refractivity contribution in [3.63, 3.8) is 0 Å². The fourth-order valence-electron chi connectivity index (χ4n) is 9.79. The largest absolute Gasteiger partial charge is 0.504 e. The summed E-state index contributed by atoms with van der Waals surface area (Å²) in [5.74, 6) is 1.25. The van der Waals surface area contributed by atoms with Gasteiger partial charge in [0.25, 0.3) is 0 Å². The lowest BCUT2D eigenvalue weighted by atomic mass is 9.48. The molecule has 0 aromatic rings. The number of hydrogen-bond donors (Lipinski definition) is 1. The van der Waals surface area contributed by atoms with Crippen molar-refractivity contribution in [3.8, 4) is 0 Å². The first-order chi connectivity index (χ1) is 15.3. The number of hydrogen-bond acceptors (Lipinski definition) is 3. The van der Waals surface area contributed by atoms with Crippen molar-refractivity contribution in [2.24, 2.45) is 45.3 Å². The molecule has 1 spiro atoms. The summed E-state index contributed by atoms with van der Waals surface area (Å²) in [6, 6.07) is 0. The second-order valence-electron chi connectivity index (χ2n) is 13.8. The van der Waals surface area contributed by atoms with Crippen LogP contribution in [0.3, 0.4) is 0 Å². The van der Waals surface area contributed by atoms with Crippen LogP contribution in [0.5, 0.6) is 0 Å². The van der Waals surface area contributed by atoms with E-state index in [1.54, 1.807) is 0 Å². The Morgan fingerprint density at radius 1 is 0.909 bits per heavy atom. The van der Waals surface area contributed by atoms with E-state index in [1.807, 2.05) is 0 Å². The maximum atomic E-state index is 14.6. The van der Waals surface area contributed by atoms with E-state index in [0.717, 1.165) is 72.8 Å². The molecule has 0 radical (unpaired) electrons. The Morgan fingerprint density at radius 2 is 1.61 bits per heavy atom. The van der Waals surface area contributed by atoms with Crippen LogP contribution in [0.4, 0.5) is 0 Å². The molecule has 3 heteroatoms. The third kappa shape index (κ3) is 2.24. The van der Waals surface area contributed by atoms with Crippen LogP contribution in [0.2, 0.25) is 0 Å². The van der Waals surface area contributed by atoms with Gasteiger partial charge in [0.1, 0.15) is 0 Å². The maximum absolute atomic E-state index is 14.6. The van der Waals surface area contributed by atoms with Crippen molar-refractivity contribution in [2.75, 3.05) is 0 Å². The molecule has 178 valence electrons. The van der Waals surface area contributed by atoms with E-state index in [1.165, 1.54) is 0 Å². The van der Waals surface area contributed by atoms with Crippen molar-refractivity contribution in [1.29, 1.82) is 0 Å². The van der Waals surface area contributed by atoms with Crippen LogP contribution in [0.1, 0.15) is 93.4 Å². The van der Waals surface area contributed by atoms with Gasteiger partial charge in [-0.15, -0.1) is 0 Å². The number of allylic oxidation sites excluding steroid dienone is 5. The molecule has 3 fully saturated rings. The molecule has 6 rings (SSSR count). The molecule has 1 unspecified atom stereocenters. The molecule has 0 aromatic heterocycles. The molecule has 6 aliphatic carbocycles. The molecule has 0 saturated heterocycles. The minimum absolute atomic E-state index is 0.00569. The summed E-state index contributed by atoms with van der Waals surface area (Å²) in [4.78, 5) is 28.4. The summed E-state index contributed by atoms with van der Waals surface area (Å²) in [5.41, 5.74) is 4.20. The van der Waals surface area contributed by atoms with E-state index in [0.29, 0.717) is 17.6 Å². The number of carbonyl (C=O) groups excluding carboxylic acids is 2. The first-order valence-corrected chi connectivity index (χ1v) is 13.4. The van der Waals surface area contributed by atoms with Gasteiger partial charge in [-0.2, -0.15) is 0 Å². The van der Waals surface area contributed by atoms with Crippen LogP contribution in [-0.4, -0.2) is 16.7 Å². The Kier molecular flexibility index (Phi) is 4.06. The maximum Gasteiger partial charge on any atom is 0.224 e. The highest BCUT2D eigenvalue weighted by Gasteiger charge is 2.76. The van der Waals surface area contributed by atoms with E-state index in [2.05, 4.69) is 48.5 Å². The predicted molar refractivity (Wildman–Crippen MR) is 129 cm³/mol. The lowest BCUT2D eigenvalue weighted by Crippen LogP contribution is -2.47. The molecule has 6 aliphatic rings. The van der Waals surface area contributed by atoms with Gasteiger partial charge in [-0.25, -0.2) is 0 Å². The lowest BCUT2D eigenvalue weighted by Gasteiger charge is -2.55. The number of carbonyl (C=O) groups is 2. The van der Waals surface area contributed by atoms with Gasteiger partial charge >= 0.3 is 0 Å². The second kappa shape index (κ2) is 6.13. The van der Waals surface area contributed by atoms with E-state index >= 15 is 0 Å². The zero-order valence-corrected chi connectivity index (χ0v) is 21.5.